The van der Waals surface area contributed by atoms with Gasteiger partial charge in [-0.05, 0) is 31.0 Å². The molecular weight excluding hydrogens is 309 g/mol. The SMILES string of the molecule is CCOc1cccc2[nH]cc(CC(=O)N3CCC3C(F)(F)F)c12. The Balaban J connectivity index is 1.83. The number of amides is 1. The van der Waals surface area contributed by atoms with Crippen LogP contribution in [0.2, 0.25) is 0 Å². The van der Waals surface area contributed by atoms with E-state index in [0.717, 1.165) is 15.8 Å². The van der Waals surface area contributed by atoms with Gasteiger partial charge in [0.15, 0.2) is 0 Å². The molecule has 1 aromatic heterocycles. The zero-order valence-electron chi connectivity index (χ0n) is 12.6. The van der Waals surface area contributed by atoms with Crippen LogP contribution in [0.5, 0.6) is 5.75 Å². The van der Waals surface area contributed by atoms with E-state index < -0.39 is 18.1 Å². The number of halogens is 3. The number of aromatic amines is 1. The Bertz CT molecular complexity index is 724. The number of likely N-dealkylation sites (tertiary alicyclic amines) is 1. The number of rotatable bonds is 4. The van der Waals surface area contributed by atoms with Gasteiger partial charge in [-0.2, -0.15) is 13.2 Å². The summed E-state index contributed by atoms with van der Waals surface area (Å²) in [5.41, 5.74) is 1.46. The average molecular weight is 326 g/mol. The summed E-state index contributed by atoms with van der Waals surface area (Å²) < 4.78 is 43.9. The summed E-state index contributed by atoms with van der Waals surface area (Å²) in [5, 5.41) is 0.756. The lowest BCUT2D eigenvalue weighted by Crippen LogP contribution is -2.58. The van der Waals surface area contributed by atoms with E-state index in [9.17, 15) is 18.0 Å². The number of carbonyl (C=O) groups is 1. The maximum Gasteiger partial charge on any atom is 0.408 e. The van der Waals surface area contributed by atoms with Gasteiger partial charge in [-0.1, -0.05) is 6.07 Å². The molecule has 1 fully saturated rings. The van der Waals surface area contributed by atoms with Gasteiger partial charge in [-0.15, -0.1) is 0 Å². The first-order chi connectivity index (χ1) is 10.9. The molecule has 0 bridgehead atoms. The fourth-order valence-corrected chi connectivity index (χ4v) is 2.93. The van der Waals surface area contributed by atoms with Crippen LogP contribution >= 0.6 is 0 Å². The van der Waals surface area contributed by atoms with Crippen LogP contribution in [0.15, 0.2) is 24.4 Å². The monoisotopic (exact) mass is 326 g/mol. The van der Waals surface area contributed by atoms with Gasteiger partial charge in [0.05, 0.1) is 13.0 Å². The molecule has 4 nitrogen and oxygen atoms in total. The van der Waals surface area contributed by atoms with Crippen molar-refractivity contribution in [3.63, 3.8) is 0 Å². The van der Waals surface area contributed by atoms with Gasteiger partial charge in [0, 0.05) is 23.6 Å². The number of alkyl halides is 3. The Morgan fingerprint density at radius 3 is 2.83 bits per heavy atom. The molecule has 1 unspecified atom stereocenters. The highest BCUT2D eigenvalue weighted by molar-refractivity contribution is 5.93. The molecule has 1 aliphatic heterocycles. The van der Waals surface area contributed by atoms with Gasteiger partial charge in [-0.25, -0.2) is 0 Å². The Morgan fingerprint density at radius 1 is 1.43 bits per heavy atom. The first-order valence-electron chi connectivity index (χ1n) is 7.49. The summed E-state index contributed by atoms with van der Waals surface area (Å²) in [6, 6.07) is 3.81. The fraction of sp³-hybridized carbons (Fsp3) is 0.438. The smallest absolute Gasteiger partial charge is 0.408 e. The van der Waals surface area contributed by atoms with Crippen LogP contribution in [-0.4, -0.2) is 41.2 Å². The minimum Gasteiger partial charge on any atom is -0.493 e. The molecule has 1 amide bonds. The van der Waals surface area contributed by atoms with Crippen molar-refractivity contribution in [1.29, 1.82) is 0 Å². The molecule has 1 saturated heterocycles. The average Bonchev–Trinajstić information content (AvgIpc) is 2.80. The second-order valence-corrected chi connectivity index (χ2v) is 5.54. The molecule has 2 aromatic rings. The van der Waals surface area contributed by atoms with Crippen molar-refractivity contribution in [3.05, 3.63) is 30.0 Å². The Hall–Kier alpha value is -2.18. The van der Waals surface area contributed by atoms with Gasteiger partial charge in [0.1, 0.15) is 11.8 Å². The third-order valence-corrected chi connectivity index (χ3v) is 4.11. The van der Waals surface area contributed by atoms with Crippen LogP contribution in [0.1, 0.15) is 18.9 Å². The van der Waals surface area contributed by atoms with E-state index in [1.54, 1.807) is 12.3 Å². The molecule has 7 heteroatoms. The van der Waals surface area contributed by atoms with Crippen LogP contribution in [0.25, 0.3) is 10.9 Å². The zero-order valence-corrected chi connectivity index (χ0v) is 12.6. The highest BCUT2D eigenvalue weighted by Gasteiger charge is 2.50. The van der Waals surface area contributed by atoms with Gasteiger partial charge in [0.25, 0.3) is 0 Å². The molecule has 2 heterocycles. The predicted molar refractivity (Wildman–Crippen MR) is 79.3 cm³/mol. The number of aromatic nitrogens is 1. The molecule has 1 aliphatic rings. The molecule has 0 saturated carbocycles. The third kappa shape index (κ3) is 2.87. The third-order valence-electron chi connectivity index (χ3n) is 4.11. The zero-order chi connectivity index (χ0) is 16.6. The Morgan fingerprint density at radius 2 is 2.22 bits per heavy atom. The molecule has 124 valence electrons. The standard InChI is InChI=1S/C16H17F3N2O2/c1-2-23-12-5-3-4-11-15(12)10(9-20-11)8-14(22)21-7-6-13(21)16(17,18)19/h3-5,9,13,20H,2,6-8H2,1H3. The van der Waals surface area contributed by atoms with E-state index in [4.69, 9.17) is 4.74 Å². The molecule has 0 radical (unpaired) electrons. The molecule has 0 aliphatic carbocycles. The molecule has 1 aromatic carbocycles. The number of carbonyl (C=O) groups excluding carboxylic acids is 1. The van der Waals surface area contributed by atoms with Crippen LogP contribution in [0.4, 0.5) is 13.2 Å². The number of nitrogens with zero attached hydrogens (tertiary/aromatic N) is 1. The highest BCUT2D eigenvalue weighted by atomic mass is 19.4. The second kappa shape index (κ2) is 5.79. The summed E-state index contributed by atoms with van der Waals surface area (Å²) in [6.07, 6.45) is -2.79. The van der Waals surface area contributed by atoms with Gasteiger partial charge >= 0.3 is 6.18 Å². The first-order valence-corrected chi connectivity index (χ1v) is 7.49. The summed E-state index contributed by atoms with van der Waals surface area (Å²) in [4.78, 5) is 16.2. The minimum absolute atomic E-state index is 0.0205. The molecule has 1 N–H and O–H groups in total. The summed E-state index contributed by atoms with van der Waals surface area (Å²) >= 11 is 0. The maximum absolute atomic E-state index is 12.8. The number of hydrogen-bond acceptors (Lipinski definition) is 2. The van der Waals surface area contributed by atoms with Crippen LogP contribution in [0.3, 0.4) is 0 Å². The quantitative estimate of drug-likeness (QED) is 0.937. The van der Waals surface area contributed by atoms with E-state index in [0.29, 0.717) is 17.9 Å². The predicted octanol–water partition coefficient (Wildman–Crippen LogP) is 3.27. The molecule has 0 spiro atoms. The fourth-order valence-electron chi connectivity index (χ4n) is 2.93. The lowest BCUT2D eigenvalue weighted by atomic mass is 10.0. The van der Waals surface area contributed by atoms with Crippen molar-refractivity contribution in [2.45, 2.75) is 32.0 Å². The Kier molecular flexibility index (Phi) is 3.95. The van der Waals surface area contributed by atoms with Crippen molar-refractivity contribution < 1.29 is 22.7 Å². The lowest BCUT2D eigenvalue weighted by molar-refractivity contribution is -0.212. The number of ether oxygens (including phenoxy) is 1. The molecular formula is C16H17F3N2O2. The number of nitrogens with one attached hydrogen (secondary N) is 1. The van der Waals surface area contributed by atoms with Gasteiger partial charge in [0.2, 0.25) is 5.91 Å². The van der Waals surface area contributed by atoms with Crippen molar-refractivity contribution in [2.75, 3.05) is 13.2 Å². The van der Waals surface area contributed by atoms with E-state index in [-0.39, 0.29) is 19.4 Å². The van der Waals surface area contributed by atoms with Crippen LogP contribution < -0.4 is 4.74 Å². The number of hydrogen-bond donors (Lipinski definition) is 1. The van der Waals surface area contributed by atoms with Crippen LogP contribution in [-0.2, 0) is 11.2 Å². The van der Waals surface area contributed by atoms with Crippen molar-refractivity contribution in [1.82, 2.24) is 9.88 Å². The van der Waals surface area contributed by atoms with E-state index in [1.165, 1.54) is 0 Å². The van der Waals surface area contributed by atoms with E-state index >= 15 is 0 Å². The molecule has 3 rings (SSSR count). The van der Waals surface area contributed by atoms with Crippen LogP contribution in [0, 0.1) is 0 Å². The van der Waals surface area contributed by atoms with E-state index in [1.807, 2.05) is 19.1 Å². The second-order valence-electron chi connectivity index (χ2n) is 5.54. The number of H-pyrrole nitrogens is 1. The first kappa shape index (κ1) is 15.7. The largest absolute Gasteiger partial charge is 0.493 e. The topological polar surface area (TPSA) is 45.3 Å². The molecule has 23 heavy (non-hydrogen) atoms. The summed E-state index contributed by atoms with van der Waals surface area (Å²) in [6.45, 7) is 2.48. The highest BCUT2D eigenvalue weighted by Crippen LogP contribution is 2.35. The van der Waals surface area contributed by atoms with Crippen molar-refractivity contribution in [3.8, 4) is 5.75 Å². The van der Waals surface area contributed by atoms with Gasteiger partial charge < -0.3 is 14.6 Å². The van der Waals surface area contributed by atoms with Crippen molar-refractivity contribution >= 4 is 16.8 Å². The molecule has 1 atom stereocenters. The summed E-state index contributed by atoms with van der Waals surface area (Å²) in [5.74, 6) is 0.121. The van der Waals surface area contributed by atoms with Gasteiger partial charge in [-0.3, -0.25) is 4.79 Å². The Labute approximate surface area is 131 Å². The van der Waals surface area contributed by atoms with Crippen molar-refractivity contribution in [2.24, 2.45) is 0 Å². The lowest BCUT2D eigenvalue weighted by Gasteiger charge is -2.41. The summed E-state index contributed by atoms with van der Waals surface area (Å²) in [7, 11) is 0. The normalized spacial score (nSPS) is 18.1. The maximum atomic E-state index is 12.8. The minimum atomic E-state index is -4.36. The number of benzene rings is 1. The number of fused-ring (bicyclic) bond motifs is 1. The van der Waals surface area contributed by atoms with E-state index in [2.05, 4.69) is 4.98 Å².